The van der Waals surface area contributed by atoms with E-state index in [0.29, 0.717) is 11.7 Å². The smallest absolute Gasteiger partial charge is 0.146 e. The fourth-order valence-corrected chi connectivity index (χ4v) is 4.40. The van der Waals surface area contributed by atoms with E-state index in [1.807, 2.05) is 19.1 Å². The summed E-state index contributed by atoms with van der Waals surface area (Å²) >= 11 is 0. The molecule has 0 spiro atoms. The number of nitrogens with one attached hydrogen (secondary N) is 1. The van der Waals surface area contributed by atoms with Crippen molar-refractivity contribution in [1.29, 1.82) is 0 Å². The summed E-state index contributed by atoms with van der Waals surface area (Å²) in [7, 11) is 0. The van der Waals surface area contributed by atoms with Crippen LogP contribution < -0.4 is 5.32 Å². The van der Waals surface area contributed by atoms with Crippen molar-refractivity contribution in [2.45, 2.75) is 70.8 Å². The second-order valence-electron chi connectivity index (χ2n) is 7.08. The lowest BCUT2D eigenvalue weighted by molar-refractivity contribution is 0.180. The highest BCUT2D eigenvalue weighted by atomic mass is 19.1. The normalized spacial score (nSPS) is 27.5. The van der Waals surface area contributed by atoms with Gasteiger partial charge >= 0.3 is 0 Å². The SMILES string of the molecule is Cc1ccc(NC2CCCCC2C2CCCCC2)c(F)c1. The zero-order valence-electron chi connectivity index (χ0n) is 13.2. The molecule has 21 heavy (non-hydrogen) atoms. The van der Waals surface area contributed by atoms with Crippen molar-refractivity contribution in [3.63, 3.8) is 0 Å². The Morgan fingerprint density at radius 1 is 0.952 bits per heavy atom. The fourth-order valence-electron chi connectivity index (χ4n) is 4.40. The Hall–Kier alpha value is -1.05. The Morgan fingerprint density at radius 2 is 1.67 bits per heavy atom. The van der Waals surface area contributed by atoms with Gasteiger partial charge in [-0.3, -0.25) is 0 Å². The van der Waals surface area contributed by atoms with Crippen LogP contribution in [0.4, 0.5) is 10.1 Å². The molecule has 2 aliphatic carbocycles. The number of hydrogen-bond acceptors (Lipinski definition) is 1. The quantitative estimate of drug-likeness (QED) is 0.754. The molecule has 2 atom stereocenters. The Balaban J connectivity index is 1.71. The molecule has 116 valence electrons. The van der Waals surface area contributed by atoms with Gasteiger partial charge in [0.25, 0.3) is 0 Å². The summed E-state index contributed by atoms with van der Waals surface area (Å²) in [4.78, 5) is 0. The summed E-state index contributed by atoms with van der Waals surface area (Å²) in [5.41, 5.74) is 1.69. The second kappa shape index (κ2) is 6.81. The van der Waals surface area contributed by atoms with Gasteiger partial charge in [-0.05, 0) is 49.3 Å². The minimum absolute atomic E-state index is 0.0945. The van der Waals surface area contributed by atoms with E-state index >= 15 is 0 Å². The van der Waals surface area contributed by atoms with Crippen LogP contribution in [0.2, 0.25) is 0 Å². The maximum Gasteiger partial charge on any atom is 0.146 e. The fraction of sp³-hybridized carbons (Fsp3) is 0.684. The van der Waals surface area contributed by atoms with Crippen LogP contribution in [0.25, 0.3) is 0 Å². The average molecular weight is 289 g/mol. The largest absolute Gasteiger partial charge is 0.380 e. The summed E-state index contributed by atoms with van der Waals surface area (Å²) < 4.78 is 14.1. The first-order valence-corrected chi connectivity index (χ1v) is 8.77. The third-order valence-electron chi connectivity index (χ3n) is 5.54. The van der Waals surface area contributed by atoms with Gasteiger partial charge in [-0.2, -0.15) is 0 Å². The molecule has 0 radical (unpaired) electrons. The molecule has 0 amide bonds. The van der Waals surface area contributed by atoms with Crippen LogP contribution in [-0.2, 0) is 0 Å². The van der Waals surface area contributed by atoms with E-state index in [1.165, 1.54) is 57.8 Å². The molecule has 1 nitrogen and oxygen atoms in total. The number of aryl methyl sites for hydroxylation is 1. The molecule has 0 heterocycles. The molecule has 2 fully saturated rings. The topological polar surface area (TPSA) is 12.0 Å². The maximum absolute atomic E-state index is 14.1. The van der Waals surface area contributed by atoms with E-state index in [-0.39, 0.29) is 5.82 Å². The lowest BCUT2D eigenvalue weighted by Gasteiger charge is -2.40. The molecule has 0 aromatic heterocycles. The van der Waals surface area contributed by atoms with Crippen molar-refractivity contribution in [3.8, 4) is 0 Å². The maximum atomic E-state index is 14.1. The van der Waals surface area contributed by atoms with E-state index in [2.05, 4.69) is 5.32 Å². The highest BCUT2D eigenvalue weighted by Crippen LogP contribution is 2.39. The summed E-state index contributed by atoms with van der Waals surface area (Å²) in [6.07, 6.45) is 12.2. The Kier molecular flexibility index (Phi) is 4.82. The molecule has 2 unspecified atom stereocenters. The Labute approximate surface area is 128 Å². The van der Waals surface area contributed by atoms with E-state index in [0.717, 1.165) is 17.4 Å². The van der Waals surface area contributed by atoms with Gasteiger partial charge in [0.2, 0.25) is 0 Å². The third-order valence-corrected chi connectivity index (χ3v) is 5.54. The molecule has 2 saturated carbocycles. The molecule has 0 bridgehead atoms. The van der Waals surface area contributed by atoms with Crippen LogP contribution in [0.5, 0.6) is 0 Å². The van der Waals surface area contributed by atoms with Gasteiger partial charge < -0.3 is 5.32 Å². The Morgan fingerprint density at radius 3 is 2.43 bits per heavy atom. The summed E-state index contributed by atoms with van der Waals surface area (Å²) in [6.45, 7) is 1.94. The molecule has 0 aliphatic heterocycles. The van der Waals surface area contributed by atoms with Crippen LogP contribution >= 0.6 is 0 Å². The van der Waals surface area contributed by atoms with Gasteiger partial charge in [0.15, 0.2) is 0 Å². The van der Waals surface area contributed by atoms with Crippen molar-refractivity contribution in [1.82, 2.24) is 0 Å². The van der Waals surface area contributed by atoms with E-state index in [1.54, 1.807) is 6.07 Å². The number of benzene rings is 1. The van der Waals surface area contributed by atoms with Crippen molar-refractivity contribution in [2.24, 2.45) is 11.8 Å². The first-order valence-electron chi connectivity index (χ1n) is 8.77. The number of hydrogen-bond donors (Lipinski definition) is 1. The summed E-state index contributed by atoms with van der Waals surface area (Å²) in [5, 5.41) is 3.55. The van der Waals surface area contributed by atoms with E-state index < -0.39 is 0 Å². The molecule has 1 aromatic rings. The average Bonchev–Trinajstić information content (AvgIpc) is 2.51. The summed E-state index contributed by atoms with van der Waals surface area (Å²) in [5.74, 6) is 1.52. The molecule has 2 heteroatoms. The zero-order valence-corrected chi connectivity index (χ0v) is 13.2. The van der Waals surface area contributed by atoms with Gasteiger partial charge in [-0.25, -0.2) is 4.39 Å². The van der Waals surface area contributed by atoms with Crippen LogP contribution in [0.15, 0.2) is 18.2 Å². The first kappa shape index (κ1) is 14.9. The van der Waals surface area contributed by atoms with Gasteiger partial charge in [0.05, 0.1) is 5.69 Å². The predicted molar refractivity (Wildman–Crippen MR) is 87.1 cm³/mol. The molecule has 1 aromatic carbocycles. The summed E-state index contributed by atoms with van der Waals surface area (Å²) in [6, 6.07) is 6.03. The van der Waals surface area contributed by atoms with Gasteiger partial charge in [-0.1, -0.05) is 51.0 Å². The number of halogens is 1. The van der Waals surface area contributed by atoms with Gasteiger partial charge in [-0.15, -0.1) is 0 Å². The highest BCUT2D eigenvalue weighted by molar-refractivity contribution is 5.47. The van der Waals surface area contributed by atoms with Crippen LogP contribution in [0, 0.1) is 24.6 Å². The van der Waals surface area contributed by atoms with Crippen molar-refractivity contribution in [3.05, 3.63) is 29.6 Å². The molecular formula is C19H28FN. The van der Waals surface area contributed by atoms with Crippen LogP contribution in [0.1, 0.15) is 63.4 Å². The van der Waals surface area contributed by atoms with Crippen LogP contribution in [0.3, 0.4) is 0 Å². The van der Waals surface area contributed by atoms with Crippen molar-refractivity contribution >= 4 is 5.69 Å². The first-order chi connectivity index (χ1) is 10.2. The van der Waals surface area contributed by atoms with Crippen LogP contribution in [-0.4, -0.2) is 6.04 Å². The Bertz CT molecular complexity index is 465. The molecule has 3 rings (SSSR count). The predicted octanol–water partition coefficient (Wildman–Crippen LogP) is 5.69. The molecule has 2 aliphatic rings. The lowest BCUT2D eigenvalue weighted by atomic mass is 9.71. The monoisotopic (exact) mass is 289 g/mol. The molecule has 1 N–H and O–H groups in total. The van der Waals surface area contributed by atoms with Gasteiger partial charge in [0.1, 0.15) is 5.82 Å². The second-order valence-corrected chi connectivity index (χ2v) is 7.08. The number of rotatable bonds is 3. The minimum atomic E-state index is -0.0945. The zero-order chi connectivity index (χ0) is 14.7. The molecular weight excluding hydrogens is 261 g/mol. The van der Waals surface area contributed by atoms with E-state index in [4.69, 9.17) is 0 Å². The lowest BCUT2D eigenvalue weighted by Crippen LogP contribution is -2.37. The molecule has 0 saturated heterocycles. The van der Waals surface area contributed by atoms with Crippen molar-refractivity contribution < 1.29 is 4.39 Å². The van der Waals surface area contributed by atoms with Crippen molar-refractivity contribution in [2.75, 3.05) is 5.32 Å². The van der Waals surface area contributed by atoms with E-state index in [9.17, 15) is 4.39 Å². The number of anilines is 1. The van der Waals surface area contributed by atoms with Gasteiger partial charge in [0, 0.05) is 6.04 Å². The highest BCUT2D eigenvalue weighted by Gasteiger charge is 2.32. The third kappa shape index (κ3) is 3.59. The minimum Gasteiger partial charge on any atom is -0.380 e. The standard InChI is InChI=1S/C19H28FN/c1-14-11-12-19(17(20)13-14)21-18-10-6-5-9-16(18)15-7-3-2-4-8-15/h11-13,15-16,18,21H,2-10H2,1H3.